The van der Waals surface area contributed by atoms with Gasteiger partial charge in [-0.25, -0.2) is 4.79 Å². The van der Waals surface area contributed by atoms with Gasteiger partial charge in [0.15, 0.2) is 6.10 Å². The normalized spacial score (nSPS) is 13.9. The van der Waals surface area contributed by atoms with Crippen molar-refractivity contribution in [1.82, 2.24) is 0 Å². The van der Waals surface area contributed by atoms with Gasteiger partial charge in [0, 0.05) is 12.5 Å². The Morgan fingerprint density at radius 3 is 1.61 bits per heavy atom. The van der Waals surface area contributed by atoms with Crippen molar-refractivity contribution in [3.05, 3.63) is 24.3 Å². The van der Waals surface area contributed by atoms with Crippen molar-refractivity contribution in [1.29, 1.82) is 0 Å². The van der Waals surface area contributed by atoms with Gasteiger partial charge in [-0.15, -0.1) is 0 Å². The van der Waals surface area contributed by atoms with Crippen LogP contribution >= 0.6 is 7.82 Å². The number of likely N-dealkylation sites (N-methyl/N-ethyl adjacent to an activating group) is 1. The minimum absolute atomic E-state index is 0.0414. The number of quaternary nitrogens is 1. The summed E-state index contributed by atoms with van der Waals surface area (Å²) in [7, 11) is 1.13. The summed E-state index contributed by atoms with van der Waals surface area (Å²) in [6.07, 6.45) is 35.5. The molecule has 0 aromatic rings. The number of hydrogen-bond acceptors (Lipinski definition) is 8. The smallest absolute Gasteiger partial charge is 0.330 e. The lowest BCUT2D eigenvalue weighted by Gasteiger charge is -2.28. The zero-order valence-electron chi connectivity index (χ0n) is 33.6. The van der Waals surface area contributed by atoms with Crippen LogP contribution in [0.15, 0.2) is 24.3 Å². The molecular weight excluding hydrogens is 665 g/mol. The second kappa shape index (κ2) is 34.3. The second-order valence-corrected chi connectivity index (χ2v) is 16.5. The maximum absolute atomic E-state index is 12.6. The summed E-state index contributed by atoms with van der Waals surface area (Å²) in [5.41, 5.74) is 0. The predicted molar refractivity (Wildman–Crippen MR) is 208 cm³/mol. The van der Waals surface area contributed by atoms with Crippen LogP contribution in [-0.2, 0) is 32.7 Å². The minimum atomic E-state index is -4.63. The quantitative estimate of drug-likeness (QED) is 0.0154. The molecule has 0 aromatic heterocycles. The van der Waals surface area contributed by atoms with Gasteiger partial charge < -0.3 is 27.9 Å². The van der Waals surface area contributed by atoms with Crippen LogP contribution in [0.1, 0.15) is 174 Å². The van der Waals surface area contributed by atoms with E-state index in [1.54, 1.807) is 6.08 Å². The van der Waals surface area contributed by atoms with Gasteiger partial charge in [-0.1, -0.05) is 167 Å². The second-order valence-electron chi connectivity index (χ2n) is 15.1. The molecule has 0 spiro atoms. The van der Waals surface area contributed by atoms with E-state index in [4.69, 9.17) is 18.5 Å². The van der Waals surface area contributed by atoms with Crippen LogP contribution in [0, 0.1) is 0 Å². The van der Waals surface area contributed by atoms with Gasteiger partial charge in [0.1, 0.15) is 19.8 Å². The third-order valence-corrected chi connectivity index (χ3v) is 9.79. The highest BCUT2D eigenvalue weighted by molar-refractivity contribution is 7.45. The number of carbonyl (C=O) groups excluding carboxylic acids is 2. The molecule has 0 radical (unpaired) electrons. The molecule has 0 N–H and O–H groups in total. The van der Waals surface area contributed by atoms with Crippen molar-refractivity contribution in [3.63, 3.8) is 0 Å². The monoisotopic (exact) mass is 744 g/mol. The first-order valence-electron chi connectivity index (χ1n) is 20.6. The Bertz CT molecular complexity index is 933. The van der Waals surface area contributed by atoms with Crippen LogP contribution in [0.5, 0.6) is 0 Å². The van der Waals surface area contributed by atoms with E-state index >= 15 is 0 Å². The third kappa shape index (κ3) is 38.0. The summed E-state index contributed by atoms with van der Waals surface area (Å²) in [5, 5.41) is 0. The lowest BCUT2D eigenvalue weighted by atomic mass is 10.0. The Balaban J connectivity index is 4.49. The van der Waals surface area contributed by atoms with E-state index in [0.29, 0.717) is 17.4 Å². The van der Waals surface area contributed by atoms with E-state index < -0.39 is 32.5 Å². The van der Waals surface area contributed by atoms with Crippen molar-refractivity contribution >= 4 is 19.8 Å². The number of allylic oxidation sites excluding steroid dienone is 3. The molecule has 0 bridgehead atoms. The van der Waals surface area contributed by atoms with E-state index in [0.717, 1.165) is 32.1 Å². The number of unbranched alkanes of at least 4 members (excludes halogenated alkanes) is 22. The third-order valence-electron chi connectivity index (χ3n) is 8.83. The van der Waals surface area contributed by atoms with Gasteiger partial charge >= 0.3 is 11.9 Å². The van der Waals surface area contributed by atoms with Crippen LogP contribution < -0.4 is 4.89 Å². The molecule has 0 aromatic carbocycles. The molecule has 0 saturated carbocycles. The molecule has 300 valence electrons. The van der Waals surface area contributed by atoms with Gasteiger partial charge in [-0.3, -0.25) is 9.36 Å². The predicted octanol–water partition coefficient (Wildman–Crippen LogP) is 10.6. The molecule has 10 heteroatoms. The lowest BCUT2D eigenvalue weighted by molar-refractivity contribution is -0.870. The number of rotatable bonds is 37. The summed E-state index contributed by atoms with van der Waals surface area (Å²) < 4.78 is 33.6. The highest BCUT2D eigenvalue weighted by Crippen LogP contribution is 2.38. The molecule has 0 aliphatic carbocycles. The Labute approximate surface area is 313 Å². The van der Waals surface area contributed by atoms with Crippen molar-refractivity contribution in [2.24, 2.45) is 0 Å². The average molecular weight is 744 g/mol. The van der Waals surface area contributed by atoms with Gasteiger partial charge in [-0.05, 0) is 19.3 Å². The molecule has 51 heavy (non-hydrogen) atoms. The number of phosphoric acid groups is 1. The van der Waals surface area contributed by atoms with Crippen LogP contribution in [0.2, 0.25) is 0 Å². The van der Waals surface area contributed by atoms with Crippen molar-refractivity contribution in [2.75, 3.05) is 47.5 Å². The molecular formula is C41H78NO8P. The van der Waals surface area contributed by atoms with Gasteiger partial charge in [0.25, 0.3) is 7.82 Å². The molecule has 0 amide bonds. The van der Waals surface area contributed by atoms with E-state index in [2.05, 4.69) is 13.8 Å². The average Bonchev–Trinajstić information content (AvgIpc) is 3.07. The number of hydrogen-bond donors (Lipinski definition) is 0. The molecule has 0 aliphatic rings. The minimum Gasteiger partial charge on any atom is -0.756 e. The largest absolute Gasteiger partial charge is 0.756 e. The first-order valence-corrected chi connectivity index (χ1v) is 22.0. The molecule has 0 heterocycles. The summed E-state index contributed by atoms with van der Waals surface area (Å²) in [4.78, 5) is 37.2. The van der Waals surface area contributed by atoms with E-state index in [-0.39, 0.29) is 19.6 Å². The van der Waals surface area contributed by atoms with Crippen LogP contribution in [0.4, 0.5) is 0 Å². The lowest BCUT2D eigenvalue weighted by Crippen LogP contribution is -2.37. The maximum atomic E-state index is 12.6. The van der Waals surface area contributed by atoms with Crippen LogP contribution in [-0.4, -0.2) is 70.0 Å². The standard InChI is InChI=1S/C41H78NO8P/c1-6-8-10-12-14-16-18-20-21-22-24-25-27-29-31-33-40(43)47-37-39(38-49-51(45,46)48-36-35-42(3,4)5)50-41(44)34-32-30-28-26-23-19-17-15-13-11-9-7-2/h27,29,31,33,39H,6-26,28,30,32,34-38H2,1-5H3/b29-27+,33-31+/t39-/m1/s1. The number of nitrogens with zero attached hydrogens (tertiary/aromatic N) is 1. The first kappa shape index (κ1) is 49.5. The molecule has 0 saturated heterocycles. The number of ether oxygens (including phenoxy) is 2. The molecule has 9 nitrogen and oxygen atoms in total. The Morgan fingerprint density at radius 2 is 1.12 bits per heavy atom. The fourth-order valence-electron chi connectivity index (χ4n) is 5.57. The van der Waals surface area contributed by atoms with Crippen molar-refractivity contribution in [2.45, 2.75) is 180 Å². The van der Waals surface area contributed by atoms with E-state index in [1.165, 1.54) is 122 Å². The van der Waals surface area contributed by atoms with Crippen molar-refractivity contribution in [3.8, 4) is 0 Å². The zero-order chi connectivity index (χ0) is 37.9. The summed E-state index contributed by atoms with van der Waals surface area (Å²) >= 11 is 0. The van der Waals surface area contributed by atoms with Gasteiger partial charge in [0.2, 0.25) is 0 Å². The number of carbonyl (C=O) groups is 2. The molecule has 0 fully saturated rings. The Morgan fingerprint density at radius 1 is 0.647 bits per heavy atom. The van der Waals surface area contributed by atoms with Crippen molar-refractivity contribution < 1.29 is 42.1 Å². The molecule has 0 rings (SSSR count). The molecule has 0 aliphatic heterocycles. The fraction of sp³-hybridized carbons (Fsp3) is 0.854. The van der Waals surface area contributed by atoms with Gasteiger partial charge in [-0.2, -0.15) is 0 Å². The number of esters is 2. The Hall–Kier alpha value is -1.51. The Kier molecular flexibility index (Phi) is 33.3. The highest BCUT2D eigenvalue weighted by Gasteiger charge is 2.21. The van der Waals surface area contributed by atoms with Crippen LogP contribution in [0.25, 0.3) is 0 Å². The topological polar surface area (TPSA) is 111 Å². The fourth-order valence-corrected chi connectivity index (χ4v) is 6.30. The molecule has 2 atom stereocenters. The van der Waals surface area contributed by atoms with E-state index in [1.807, 2.05) is 33.3 Å². The zero-order valence-corrected chi connectivity index (χ0v) is 34.4. The summed E-state index contributed by atoms with van der Waals surface area (Å²) in [5.74, 6) is -1.08. The SMILES string of the molecule is CCCCCCCCCCCCC/C=C/C=C/C(=O)OC[C@H](COP(=O)([O-])OCC[N+](C)(C)C)OC(=O)CCCCCCCCCCCCCC. The maximum Gasteiger partial charge on any atom is 0.330 e. The number of phosphoric ester groups is 1. The first-order chi connectivity index (χ1) is 24.5. The highest BCUT2D eigenvalue weighted by atomic mass is 31.2. The summed E-state index contributed by atoms with van der Waals surface area (Å²) in [6, 6.07) is 0. The van der Waals surface area contributed by atoms with Crippen LogP contribution in [0.3, 0.4) is 0 Å². The van der Waals surface area contributed by atoms with Gasteiger partial charge in [0.05, 0.1) is 27.7 Å². The molecule has 1 unspecified atom stereocenters. The van der Waals surface area contributed by atoms with E-state index in [9.17, 15) is 19.0 Å². The summed E-state index contributed by atoms with van der Waals surface area (Å²) in [6.45, 7) is 4.09.